The predicted octanol–water partition coefficient (Wildman–Crippen LogP) is 1.89. The molecular weight excluding hydrogens is 252 g/mol. The zero-order valence-corrected chi connectivity index (χ0v) is 12.6. The predicted molar refractivity (Wildman–Crippen MR) is 78.6 cm³/mol. The lowest BCUT2D eigenvalue weighted by atomic mass is 9.94. The Morgan fingerprint density at radius 2 is 1.75 bits per heavy atom. The highest BCUT2D eigenvalue weighted by atomic mass is 16.5. The molecule has 2 heterocycles. The SMILES string of the molecule is O=C([C@H]1CCOC1)N1CCCN(C2CCCCC2)CC1. The second-order valence-electron chi connectivity index (χ2n) is 6.57. The molecular formula is C16H28N2O2. The van der Waals surface area contributed by atoms with Crippen molar-refractivity contribution < 1.29 is 9.53 Å². The zero-order chi connectivity index (χ0) is 13.8. The molecule has 0 spiro atoms. The molecule has 114 valence electrons. The lowest BCUT2D eigenvalue weighted by Gasteiger charge is -2.33. The fourth-order valence-corrected chi connectivity index (χ4v) is 3.96. The summed E-state index contributed by atoms with van der Waals surface area (Å²) in [6, 6.07) is 0.786. The van der Waals surface area contributed by atoms with E-state index in [1.165, 1.54) is 38.6 Å². The van der Waals surface area contributed by atoms with Crippen LogP contribution in [0.15, 0.2) is 0 Å². The van der Waals surface area contributed by atoms with Crippen LogP contribution in [0.4, 0.5) is 0 Å². The highest BCUT2D eigenvalue weighted by Gasteiger charge is 2.30. The van der Waals surface area contributed by atoms with E-state index in [0.717, 1.165) is 45.1 Å². The topological polar surface area (TPSA) is 32.8 Å². The molecule has 1 saturated carbocycles. The van der Waals surface area contributed by atoms with E-state index in [-0.39, 0.29) is 5.92 Å². The summed E-state index contributed by atoms with van der Waals surface area (Å²) < 4.78 is 5.36. The molecule has 1 atom stereocenters. The molecule has 4 heteroatoms. The van der Waals surface area contributed by atoms with Gasteiger partial charge in [-0.2, -0.15) is 0 Å². The van der Waals surface area contributed by atoms with E-state index in [2.05, 4.69) is 9.80 Å². The van der Waals surface area contributed by atoms with Gasteiger partial charge in [-0.05, 0) is 25.7 Å². The smallest absolute Gasteiger partial charge is 0.228 e. The van der Waals surface area contributed by atoms with Gasteiger partial charge in [0.2, 0.25) is 5.91 Å². The fraction of sp³-hybridized carbons (Fsp3) is 0.938. The molecule has 0 N–H and O–H groups in total. The first-order valence-electron chi connectivity index (χ1n) is 8.45. The third kappa shape index (κ3) is 3.34. The molecule has 1 amide bonds. The van der Waals surface area contributed by atoms with Crippen LogP contribution in [0.2, 0.25) is 0 Å². The van der Waals surface area contributed by atoms with Crippen molar-refractivity contribution in [2.75, 3.05) is 39.4 Å². The summed E-state index contributed by atoms with van der Waals surface area (Å²) in [6.45, 7) is 5.52. The fourth-order valence-electron chi connectivity index (χ4n) is 3.96. The number of nitrogens with zero attached hydrogens (tertiary/aromatic N) is 2. The van der Waals surface area contributed by atoms with Crippen LogP contribution in [0.5, 0.6) is 0 Å². The number of hydrogen-bond donors (Lipinski definition) is 0. The normalized spacial score (nSPS) is 30.4. The highest BCUT2D eigenvalue weighted by molar-refractivity contribution is 5.79. The van der Waals surface area contributed by atoms with Crippen molar-refractivity contribution in [3.05, 3.63) is 0 Å². The first-order valence-corrected chi connectivity index (χ1v) is 8.45. The largest absolute Gasteiger partial charge is 0.381 e. The van der Waals surface area contributed by atoms with Gasteiger partial charge in [-0.3, -0.25) is 9.69 Å². The summed E-state index contributed by atoms with van der Waals surface area (Å²) in [5, 5.41) is 0. The quantitative estimate of drug-likeness (QED) is 0.774. The minimum Gasteiger partial charge on any atom is -0.381 e. The third-order valence-electron chi connectivity index (χ3n) is 5.21. The van der Waals surface area contributed by atoms with Crippen molar-refractivity contribution in [2.24, 2.45) is 5.92 Å². The summed E-state index contributed by atoms with van der Waals surface area (Å²) in [4.78, 5) is 17.2. The van der Waals surface area contributed by atoms with Crippen LogP contribution in [0.1, 0.15) is 44.9 Å². The summed E-state index contributed by atoms with van der Waals surface area (Å²) in [5.41, 5.74) is 0. The van der Waals surface area contributed by atoms with E-state index >= 15 is 0 Å². The van der Waals surface area contributed by atoms with Crippen LogP contribution in [0, 0.1) is 5.92 Å². The molecule has 0 bridgehead atoms. The summed E-state index contributed by atoms with van der Waals surface area (Å²) >= 11 is 0. The minimum absolute atomic E-state index is 0.135. The van der Waals surface area contributed by atoms with Crippen LogP contribution < -0.4 is 0 Å². The number of amides is 1. The third-order valence-corrected chi connectivity index (χ3v) is 5.21. The van der Waals surface area contributed by atoms with E-state index in [9.17, 15) is 4.79 Å². The standard InChI is InChI=1S/C16H28N2O2/c19-16(14-7-12-20-13-14)18-9-4-8-17(10-11-18)15-5-2-1-3-6-15/h14-15H,1-13H2/t14-/m0/s1. The molecule has 0 aromatic heterocycles. The summed E-state index contributed by atoms with van der Waals surface area (Å²) in [6.07, 6.45) is 8.98. The first-order chi connectivity index (χ1) is 9.84. The average molecular weight is 280 g/mol. The number of rotatable bonds is 2. The Morgan fingerprint density at radius 1 is 0.900 bits per heavy atom. The van der Waals surface area contributed by atoms with E-state index in [0.29, 0.717) is 12.5 Å². The van der Waals surface area contributed by atoms with Gasteiger partial charge in [0.25, 0.3) is 0 Å². The second-order valence-corrected chi connectivity index (χ2v) is 6.57. The van der Waals surface area contributed by atoms with Gasteiger partial charge in [-0.1, -0.05) is 19.3 Å². The molecule has 3 rings (SSSR count). The molecule has 0 aromatic rings. The van der Waals surface area contributed by atoms with Crippen molar-refractivity contribution in [3.63, 3.8) is 0 Å². The second kappa shape index (κ2) is 6.90. The Kier molecular flexibility index (Phi) is 4.94. The molecule has 4 nitrogen and oxygen atoms in total. The maximum absolute atomic E-state index is 12.5. The lowest BCUT2D eigenvalue weighted by Crippen LogP contribution is -2.41. The Morgan fingerprint density at radius 3 is 2.50 bits per heavy atom. The van der Waals surface area contributed by atoms with Gasteiger partial charge in [-0.25, -0.2) is 0 Å². The molecule has 20 heavy (non-hydrogen) atoms. The van der Waals surface area contributed by atoms with Gasteiger partial charge < -0.3 is 9.64 Å². The van der Waals surface area contributed by atoms with Crippen LogP contribution in [0.25, 0.3) is 0 Å². The number of ether oxygens (including phenoxy) is 1. The van der Waals surface area contributed by atoms with E-state index in [1.807, 2.05) is 0 Å². The molecule has 2 aliphatic heterocycles. The minimum atomic E-state index is 0.135. The van der Waals surface area contributed by atoms with Gasteiger partial charge in [0.15, 0.2) is 0 Å². The Hall–Kier alpha value is -0.610. The molecule has 3 fully saturated rings. The van der Waals surface area contributed by atoms with Gasteiger partial charge in [0.1, 0.15) is 0 Å². The van der Waals surface area contributed by atoms with Gasteiger partial charge in [-0.15, -0.1) is 0 Å². The Balaban J connectivity index is 1.52. The average Bonchev–Trinajstić information content (AvgIpc) is 2.92. The van der Waals surface area contributed by atoms with Crippen LogP contribution >= 0.6 is 0 Å². The van der Waals surface area contributed by atoms with Crippen molar-refractivity contribution in [1.82, 2.24) is 9.80 Å². The van der Waals surface area contributed by atoms with Gasteiger partial charge >= 0.3 is 0 Å². The van der Waals surface area contributed by atoms with E-state index in [1.54, 1.807) is 0 Å². The monoisotopic (exact) mass is 280 g/mol. The first kappa shape index (κ1) is 14.3. The van der Waals surface area contributed by atoms with Crippen molar-refractivity contribution in [2.45, 2.75) is 51.0 Å². The maximum atomic E-state index is 12.5. The Labute approximate surface area is 122 Å². The lowest BCUT2D eigenvalue weighted by molar-refractivity contribution is -0.135. The molecule has 0 unspecified atom stereocenters. The molecule has 2 saturated heterocycles. The van der Waals surface area contributed by atoms with Crippen LogP contribution in [0.3, 0.4) is 0 Å². The number of hydrogen-bond acceptors (Lipinski definition) is 3. The highest BCUT2D eigenvalue weighted by Crippen LogP contribution is 2.24. The summed E-state index contributed by atoms with van der Waals surface area (Å²) in [7, 11) is 0. The van der Waals surface area contributed by atoms with Crippen LogP contribution in [-0.2, 0) is 9.53 Å². The maximum Gasteiger partial charge on any atom is 0.228 e. The van der Waals surface area contributed by atoms with E-state index < -0.39 is 0 Å². The van der Waals surface area contributed by atoms with E-state index in [4.69, 9.17) is 4.74 Å². The molecule has 0 radical (unpaired) electrons. The Bertz CT molecular complexity index is 322. The van der Waals surface area contributed by atoms with Crippen molar-refractivity contribution >= 4 is 5.91 Å². The van der Waals surface area contributed by atoms with Crippen LogP contribution in [-0.4, -0.2) is 61.1 Å². The number of carbonyl (C=O) groups is 1. The summed E-state index contributed by atoms with van der Waals surface area (Å²) in [5.74, 6) is 0.476. The zero-order valence-electron chi connectivity index (χ0n) is 12.6. The molecule has 0 aromatic carbocycles. The molecule has 3 aliphatic rings. The van der Waals surface area contributed by atoms with Crippen molar-refractivity contribution in [1.29, 1.82) is 0 Å². The van der Waals surface area contributed by atoms with Gasteiger partial charge in [0, 0.05) is 38.8 Å². The molecule has 1 aliphatic carbocycles. The number of carbonyl (C=O) groups excluding carboxylic acids is 1. The van der Waals surface area contributed by atoms with Crippen molar-refractivity contribution in [3.8, 4) is 0 Å². The van der Waals surface area contributed by atoms with Gasteiger partial charge in [0.05, 0.1) is 12.5 Å².